The number of nitrogens with zero attached hydrogens (tertiary/aromatic N) is 1. The molecular formula is C13H14FN3O. The van der Waals surface area contributed by atoms with E-state index in [-0.39, 0.29) is 11.7 Å². The molecule has 0 unspecified atom stereocenters. The van der Waals surface area contributed by atoms with Crippen LogP contribution in [0.3, 0.4) is 0 Å². The van der Waals surface area contributed by atoms with Crippen molar-refractivity contribution in [2.75, 3.05) is 0 Å². The number of benzene rings is 1. The van der Waals surface area contributed by atoms with Gasteiger partial charge in [-0.05, 0) is 31.2 Å². The van der Waals surface area contributed by atoms with Crippen molar-refractivity contribution in [2.45, 2.75) is 18.3 Å². The molecule has 0 heterocycles. The standard InChI is InChI=1S/C13H14FN3O/c14-10-4-2-1-3-9(10)13(6-7-13)12(18)17-11(16)5-8-15/h1-5,8H,6-7,15H2,(H2,16,17,18)/b8-5-. The van der Waals surface area contributed by atoms with E-state index >= 15 is 0 Å². The largest absolute Gasteiger partial charge is 0.404 e. The summed E-state index contributed by atoms with van der Waals surface area (Å²) >= 11 is 0. The van der Waals surface area contributed by atoms with Crippen molar-refractivity contribution in [1.82, 2.24) is 0 Å². The summed E-state index contributed by atoms with van der Waals surface area (Å²) in [5, 5.41) is 0. The van der Waals surface area contributed by atoms with Crippen LogP contribution in [-0.4, -0.2) is 11.7 Å². The number of aliphatic imine (C=N–C) groups is 1. The topological polar surface area (TPSA) is 81.5 Å². The minimum absolute atomic E-state index is 0.0325. The summed E-state index contributed by atoms with van der Waals surface area (Å²) in [5.41, 5.74) is 10.2. The van der Waals surface area contributed by atoms with E-state index in [2.05, 4.69) is 4.99 Å². The molecule has 1 saturated carbocycles. The van der Waals surface area contributed by atoms with Gasteiger partial charge in [-0.3, -0.25) is 4.79 Å². The molecule has 4 nitrogen and oxygen atoms in total. The number of amidine groups is 1. The number of carbonyl (C=O) groups is 1. The Morgan fingerprint density at radius 2 is 2.06 bits per heavy atom. The number of rotatable bonds is 3. The summed E-state index contributed by atoms with van der Waals surface area (Å²) in [6, 6.07) is 6.26. The molecule has 0 aromatic heterocycles. The molecule has 0 atom stereocenters. The Bertz CT molecular complexity index is 533. The minimum Gasteiger partial charge on any atom is -0.404 e. The van der Waals surface area contributed by atoms with Gasteiger partial charge >= 0.3 is 0 Å². The maximum absolute atomic E-state index is 13.7. The molecule has 0 bridgehead atoms. The Hall–Kier alpha value is -2.17. The van der Waals surface area contributed by atoms with E-state index in [1.807, 2.05) is 0 Å². The molecule has 18 heavy (non-hydrogen) atoms. The monoisotopic (exact) mass is 247 g/mol. The van der Waals surface area contributed by atoms with Gasteiger partial charge in [0.2, 0.25) is 0 Å². The van der Waals surface area contributed by atoms with Crippen LogP contribution in [0, 0.1) is 5.82 Å². The Morgan fingerprint density at radius 3 is 2.61 bits per heavy atom. The molecule has 1 aliphatic carbocycles. The summed E-state index contributed by atoms with van der Waals surface area (Å²) in [4.78, 5) is 15.8. The molecule has 2 rings (SSSR count). The molecular weight excluding hydrogens is 233 g/mol. The zero-order chi connectivity index (χ0) is 13.2. The van der Waals surface area contributed by atoms with Gasteiger partial charge in [-0.1, -0.05) is 18.2 Å². The molecule has 0 radical (unpaired) electrons. The lowest BCUT2D eigenvalue weighted by molar-refractivity contribution is -0.120. The summed E-state index contributed by atoms with van der Waals surface area (Å²) in [6.07, 6.45) is 3.72. The molecule has 0 spiro atoms. The van der Waals surface area contributed by atoms with Crippen LogP contribution in [0.1, 0.15) is 18.4 Å². The lowest BCUT2D eigenvalue weighted by Crippen LogP contribution is -2.23. The summed E-state index contributed by atoms with van der Waals surface area (Å²) in [5.74, 6) is -0.764. The van der Waals surface area contributed by atoms with Gasteiger partial charge in [0.05, 0.1) is 5.41 Å². The third kappa shape index (κ3) is 2.11. The lowest BCUT2D eigenvalue weighted by atomic mass is 9.94. The molecule has 0 aliphatic heterocycles. The molecule has 5 heteroatoms. The average Bonchev–Trinajstić information content (AvgIpc) is 3.11. The first kappa shape index (κ1) is 12.3. The van der Waals surface area contributed by atoms with Crippen molar-refractivity contribution in [3.05, 3.63) is 47.9 Å². The Morgan fingerprint density at radius 1 is 1.39 bits per heavy atom. The first-order valence-corrected chi connectivity index (χ1v) is 5.62. The van der Waals surface area contributed by atoms with Gasteiger partial charge in [-0.25, -0.2) is 4.39 Å². The SMILES string of the molecule is N/C=C\C(N)=NC(=O)C1(c2ccccc2F)CC1. The predicted octanol–water partition coefficient (Wildman–Crippen LogP) is 1.21. The zero-order valence-corrected chi connectivity index (χ0v) is 9.77. The highest BCUT2D eigenvalue weighted by molar-refractivity contribution is 6.04. The average molecular weight is 247 g/mol. The number of nitrogens with two attached hydrogens (primary N) is 2. The second-order valence-electron chi connectivity index (χ2n) is 4.26. The van der Waals surface area contributed by atoms with E-state index < -0.39 is 11.3 Å². The highest BCUT2D eigenvalue weighted by atomic mass is 19.1. The highest BCUT2D eigenvalue weighted by Gasteiger charge is 2.52. The fourth-order valence-corrected chi connectivity index (χ4v) is 1.93. The lowest BCUT2D eigenvalue weighted by Gasteiger charge is -2.12. The highest BCUT2D eigenvalue weighted by Crippen LogP contribution is 2.50. The molecule has 1 aromatic carbocycles. The number of hydrogen-bond donors (Lipinski definition) is 2. The minimum atomic E-state index is -0.835. The van der Waals surface area contributed by atoms with Crippen molar-refractivity contribution < 1.29 is 9.18 Å². The molecule has 1 aliphatic rings. The molecule has 1 fully saturated rings. The fraction of sp³-hybridized carbons (Fsp3) is 0.231. The van der Waals surface area contributed by atoms with E-state index in [4.69, 9.17) is 11.5 Å². The Balaban J connectivity index is 2.31. The molecule has 1 aromatic rings. The predicted molar refractivity (Wildman–Crippen MR) is 67.3 cm³/mol. The van der Waals surface area contributed by atoms with Gasteiger partial charge in [-0.15, -0.1) is 0 Å². The second-order valence-corrected chi connectivity index (χ2v) is 4.26. The summed E-state index contributed by atoms with van der Waals surface area (Å²) < 4.78 is 13.7. The van der Waals surface area contributed by atoms with E-state index in [0.717, 1.165) is 0 Å². The van der Waals surface area contributed by atoms with Gasteiger partial charge in [0.1, 0.15) is 11.7 Å². The zero-order valence-electron chi connectivity index (χ0n) is 9.77. The summed E-state index contributed by atoms with van der Waals surface area (Å²) in [7, 11) is 0. The van der Waals surface area contributed by atoms with Crippen LogP contribution in [0.2, 0.25) is 0 Å². The first-order valence-electron chi connectivity index (χ1n) is 5.62. The fourth-order valence-electron chi connectivity index (χ4n) is 1.93. The number of hydrogen-bond acceptors (Lipinski definition) is 2. The van der Waals surface area contributed by atoms with Crippen LogP contribution in [0.4, 0.5) is 4.39 Å². The van der Waals surface area contributed by atoms with Crippen molar-refractivity contribution in [1.29, 1.82) is 0 Å². The van der Waals surface area contributed by atoms with Crippen LogP contribution in [-0.2, 0) is 10.2 Å². The van der Waals surface area contributed by atoms with Crippen LogP contribution in [0.25, 0.3) is 0 Å². The number of amides is 1. The molecule has 1 amide bonds. The van der Waals surface area contributed by atoms with Crippen molar-refractivity contribution in [2.24, 2.45) is 16.5 Å². The van der Waals surface area contributed by atoms with E-state index in [1.165, 1.54) is 18.3 Å². The maximum Gasteiger partial charge on any atom is 0.258 e. The second kappa shape index (κ2) is 4.60. The van der Waals surface area contributed by atoms with Crippen molar-refractivity contribution >= 4 is 11.7 Å². The van der Waals surface area contributed by atoms with E-state index in [0.29, 0.717) is 18.4 Å². The van der Waals surface area contributed by atoms with Crippen LogP contribution in [0.15, 0.2) is 41.5 Å². The van der Waals surface area contributed by atoms with Gasteiger partial charge in [0, 0.05) is 5.56 Å². The van der Waals surface area contributed by atoms with Crippen molar-refractivity contribution in [3.8, 4) is 0 Å². The van der Waals surface area contributed by atoms with Gasteiger partial charge in [-0.2, -0.15) is 4.99 Å². The molecule has 0 saturated heterocycles. The molecule has 4 N–H and O–H groups in total. The van der Waals surface area contributed by atoms with Crippen LogP contribution in [0.5, 0.6) is 0 Å². The van der Waals surface area contributed by atoms with Gasteiger partial charge in [0.25, 0.3) is 5.91 Å². The summed E-state index contributed by atoms with van der Waals surface area (Å²) in [6.45, 7) is 0. The third-order valence-corrected chi connectivity index (χ3v) is 3.05. The van der Waals surface area contributed by atoms with Crippen LogP contribution >= 0.6 is 0 Å². The normalized spacial score (nSPS) is 17.9. The smallest absolute Gasteiger partial charge is 0.258 e. The number of carbonyl (C=O) groups excluding carboxylic acids is 1. The Labute approximate surface area is 104 Å². The van der Waals surface area contributed by atoms with Gasteiger partial charge < -0.3 is 11.5 Å². The molecule has 94 valence electrons. The maximum atomic E-state index is 13.7. The van der Waals surface area contributed by atoms with Gasteiger partial charge in [0.15, 0.2) is 0 Å². The third-order valence-electron chi connectivity index (χ3n) is 3.05. The first-order chi connectivity index (χ1) is 8.60. The quantitative estimate of drug-likeness (QED) is 0.622. The van der Waals surface area contributed by atoms with Crippen molar-refractivity contribution in [3.63, 3.8) is 0 Å². The van der Waals surface area contributed by atoms with Crippen LogP contribution < -0.4 is 11.5 Å². The van der Waals surface area contributed by atoms with E-state index in [9.17, 15) is 9.18 Å². The number of halogens is 1. The van der Waals surface area contributed by atoms with E-state index in [1.54, 1.807) is 18.2 Å². The Kier molecular flexibility index (Phi) is 3.14.